The molecule has 0 bridgehead atoms. The van der Waals surface area contributed by atoms with Gasteiger partial charge in [-0.3, -0.25) is 14.5 Å². The van der Waals surface area contributed by atoms with Crippen molar-refractivity contribution in [2.24, 2.45) is 0 Å². The summed E-state index contributed by atoms with van der Waals surface area (Å²) in [6.07, 6.45) is 2.16. The molecule has 36 heavy (non-hydrogen) atoms. The van der Waals surface area contributed by atoms with E-state index in [0.29, 0.717) is 36.8 Å². The Balaban J connectivity index is 1.53. The first-order valence-electron chi connectivity index (χ1n) is 11.9. The first kappa shape index (κ1) is 26.0. The second-order valence-electron chi connectivity index (χ2n) is 8.70. The molecule has 1 aromatic heterocycles. The quantitative estimate of drug-likeness (QED) is 0.435. The van der Waals surface area contributed by atoms with Crippen LogP contribution in [0, 0.1) is 6.92 Å². The van der Waals surface area contributed by atoms with Crippen molar-refractivity contribution in [3.63, 3.8) is 0 Å². The number of benzene rings is 2. The number of nitrogens with zero attached hydrogens (tertiary/aromatic N) is 3. The van der Waals surface area contributed by atoms with Gasteiger partial charge < -0.3 is 4.90 Å². The standard InChI is InChI=1S/C26H30N4O4S2/c1-19-25(36(33,34)27-2)35-26(28-19)30(17-7-16-29-15-6-10-23(29)31)24(32)18-20-11-13-22(14-12-20)21-8-4-3-5-9-21/h3-5,8-9,11-14,27H,6-7,10,15-18H2,1-2H3. The van der Waals surface area contributed by atoms with Crippen molar-refractivity contribution in [3.05, 3.63) is 65.9 Å². The fourth-order valence-corrected chi connectivity index (χ4v) is 6.61. The molecule has 0 atom stereocenters. The molecule has 1 aliphatic heterocycles. The Labute approximate surface area is 216 Å². The Morgan fingerprint density at radius 1 is 1.11 bits per heavy atom. The highest BCUT2D eigenvalue weighted by Gasteiger charge is 2.26. The van der Waals surface area contributed by atoms with Crippen LogP contribution < -0.4 is 9.62 Å². The maximum atomic E-state index is 13.4. The third-order valence-electron chi connectivity index (χ3n) is 6.19. The number of likely N-dealkylation sites (tertiary alicyclic amines) is 1. The molecule has 1 saturated heterocycles. The van der Waals surface area contributed by atoms with E-state index in [2.05, 4.69) is 9.71 Å². The number of anilines is 1. The molecule has 2 heterocycles. The minimum absolute atomic E-state index is 0.0970. The van der Waals surface area contributed by atoms with Crippen molar-refractivity contribution < 1.29 is 18.0 Å². The van der Waals surface area contributed by atoms with E-state index in [1.807, 2.05) is 59.5 Å². The Bertz CT molecular complexity index is 1320. The van der Waals surface area contributed by atoms with Crippen LogP contribution in [0.5, 0.6) is 0 Å². The molecule has 0 spiro atoms. The van der Waals surface area contributed by atoms with Gasteiger partial charge in [0.2, 0.25) is 11.8 Å². The summed E-state index contributed by atoms with van der Waals surface area (Å²) in [5, 5.41) is 0.347. The van der Waals surface area contributed by atoms with Crippen LogP contribution in [0.2, 0.25) is 0 Å². The van der Waals surface area contributed by atoms with Gasteiger partial charge in [0.15, 0.2) is 9.34 Å². The summed E-state index contributed by atoms with van der Waals surface area (Å²) in [5.41, 5.74) is 3.38. The molecule has 0 unspecified atom stereocenters. The molecule has 1 N–H and O–H groups in total. The number of thiazole rings is 1. The average Bonchev–Trinajstić information content (AvgIpc) is 3.48. The predicted octanol–water partition coefficient (Wildman–Crippen LogP) is 3.61. The number of carbonyl (C=O) groups is 2. The molecular weight excluding hydrogens is 496 g/mol. The Morgan fingerprint density at radius 2 is 1.81 bits per heavy atom. The predicted molar refractivity (Wildman–Crippen MR) is 141 cm³/mol. The van der Waals surface area contributed by atoms with Gasteiger partial charge in [-0.05, 0) is 43.5 Å². The summed E-state index contributed by atoms with van der Waals surface area (Å²) in [5.74, 6) is -0.0313. The highest BCUT2D eigenvalue weighted by atomic mass is 32.2. The highest BCUT2D eigenvalue weighted by molar-refractivity contribution is 7.91. The van der Waals surface area contributed by atoms with Gasteiger partial charge in [0.1, 0.15) is 0 Å². The van der Waals surface area contributed by atoms with Gasteiger partial charge in [-0.1, -0.05) is 65.9 Å². The SMILES string of the molecule is CNS(=O)(=O)c1sc(N(CCCN2CCCC2=O)C(=O)Cc2ccc(-c3ccccc3)cc2)nc1C. The van der Waals surface area contributed by atoms with Crippen molar-refractivity contribution >= 4 is 38.3 Å². The van der Waals surface area contributed by atoms with Crippen LogP contribution in [0.15, 0.2) is 58.8 Å². The Morgan fingerprint density at radius 3 is 2.44 bits per heavy atom. The monoisotopic (exact) mass is 526 g/mol. The lowest BCUT2D eigenvalue weighted by molar-refractivity contribution is -0.127. The number of sulfonamides is 1. The maximum absolute atomic E-state index is 13.4. The van der Waals surface area contributed by atoms with Gasteiger partial charge in [-0.15, -0.1) is 0 Å². The van der Waals surface area contributed by atoms with Gasteiger partial charge in [-0.25, -0.2) is 18.1 Å². The summed E-state index contributed by atoms with van der Waals surface area (Å²) < 4.78 is 27.2. The summed E-state index contributed by atoms with van der Waals surface area (Å²) in [6.45, 7) is 3.26. The van der Waals surface area contributed by atoms with E-state index in [-0.39, 0.29) is 22.4 Å². The number of carbonyl (C=O) groups excluding carboxylic acids is 2. The molecule has 8 nitrogen and oxygen atoms in total. The molecule has 0 radical (unpaired) electrons. The van der Waals surface area contributed by atoms with E-state index in [1.165, 1.54) is 7.05 Å². The molecular formula is C26H30N4O4S2. The summed E-state index contributed by atoms with van der Waals surface area (Å²) in [4.78, 5) is 33.2. The fourth-order valence-electron chi connectivity index (χ4n) is 4.23. The van der Waals surface area contributed by atoms with Gasteiger partial charge in [0.25, 0.3) is 10.0 Å². The van der Waals surface area contributed by atoms with Crippen LogP contribution >= 0.6 is 11.3 Å². The number of aromatic nitrogens is 1. The first-order chi connectivity index (χ1) is 17.3. The van der Waals surface area contributed by atoms with Gasteiger partial charge in [0, 0.05) is 26.1 Å². The minimum Gasteiger partial charge on any atom is -0.343 e. The molecule has 10 heteroatoms. The minimum atomic E-state index is -3.68. The van der Waals surface area contributed by atoms with Gasteiger partial charge in [-0.2, -0.15) is 0 Å². The van der Waals surface area contributed by atoms with E-state index in [4.69, 9.17) is 0 Å². The van der Waals surface area contributed by atoms with E-state index in [9.17, 15) is 18.0 Å². The molecule has 1 fully saturated rings. The van der Waals surface area contributed by atoms with E-state index < -0.39 is 10.0 Å². The summed E-state index contributed by atoms with van der Waals surface area (Å²) in [7, 11) is -2.33. The normalized spacial score (nSPS) is 13.8. The van der Waals surface area contributed by atoms with Gasteiger partial charge >= 0.3 is 0 Å². The summed E-state index contributed by atoms with van der Waals surface area (Å²) in [6, 6.07) is 17.9. The number of hydrogen-bond donors (Lipinski definition) is 1. The largest absolute Gasteiger partial charge is 0.343 e. The number of amides is 2. The van der Waals surface area contributed by atoms with Gasteiger partial charge in [0.05, 0.1) is 12.1 Å². The molecule has 1 aliphatic rings. The van der Waals surface area contributed by atoms with Crippen LogP contribution in [0.3, 0.4) is 0 Å². The van der Waals surface area contributed by atoms with Crippen LogP contribution in [-0.2, 0) is 26.0 Å². The zero-order valence-corrected chi connectivity index (χ0v) is 22.1. The molecule has 0 aliphatic carbocycles. The van der Waals surface area contributed by atoms with Crippen molar-refractivity contribution in [1.29, 1.82) is 0 Å². The van der Waals surface area contributed by atoms with Crippen molar-refractivity contribution in [3.8, 4) is 11.1 Å². The third kappa shape index (κ3) is 6.00. The number of rotatable bonds is 10. The molecule has 0 saturated carbocycles. The maximum Gasteiger partial charge on any atom is 0.251 e. The molecule has 2 amide bonds. The lowest BCUT2D eigenvalue weighted by atomic mass is 10.0. The van der Waals surface area contributed by atoms with Crippen molar-refractivity contribution in [2.75, 3.05) is 31.6 Å². The molecule has 2 aromatic carbocycles. The topological polar surface area (TPSA) is 99.7 Å². The molecule has 3 aromatic rings. The number of hydrogen-bond acceptors (Lipinski definition) is 6. The lowest BCUT2D eigenvalue weighted by Gasteiger charge is -2.22. The van der Waals surface area contributed by atoms with Crippen molar-refractivity contribution in [2.45, 2.75) is 36.8 Å². The summed E-state index contributed by atoms with van der Waals surface area (Å²) >= 11 is 0.984. The second-order valence-corrected chi connectivity index (χ2v) is 11.8. The first-order valence-corrected chi connectivity index (χ1v) is 14.2. The Kier molecular flexibility index (Phi) is 8.17. The Hall–Kier alpha value is -3.08. The molecule has 190 valence electrons. The zero-order chi connectivity index (χ0) is 25.7. The van der Waals surface area contributed by atoms with Crippen LogP contribution in [0.25, 0.3) is 11.1 Å². The van der Waals surface area contributed by atoms with E-state index in [0.717, 1.165) is 41.0 Å². The smallest absolute Gasteiger partial charge is 0.251 e. The van der Waals surface area contributed by atoms with Crippen LogP contribution in [0.1, 0.15) is 30.5 Å². The number of aryl methyl sites for hydroxylation is 1. The second kappa shape index (κ2) is 11.3. The zero-order valence-electron chi connectivity index (χ0n) is 20.4. The lowest BCUT2D eigenvalue weighted by Crippen LogP contribution is -2.35. The van der Waals surface area contributed by atoms with Crippen LogP contribution in [-0.4, -0.2) is 56.8 Å². The van der Waals surface area contributed by atoms with Crippen LogP contribution in [0.4, 0.5) is 5.13 Å². The average molecular weight is 527 g/mol. The number of nitrogens with one attached hydrogen (secondary N) is 1. The fraction of sp³-hybridized carbons (Fsp3) is 0.346. The highest BCUT2D eigenvalue weighted by Crippen LogP contribution is 2.30. The third-order valence-corrected chi connectivity index (χ3v) is 9.39. The van der Waals surface area contributed by atoms with Crippen molar-refractivity contribution in [1.82, 2.24) is 14.6 Å². The van der Waals surface area contributed by atoms with E-state index >= 15 is 0 Å². The van der Waals surface area contributed by atoms with E-state index in [1.54, 1.807) is 11.8 Å². The molecule has 4 rings (SSSR count).